The van der Waals surface area contributed by atoms with Crippen LogP contribution in [0.25, 0.3) is 0 Å². The maximum Gasteiger partial charge on any atom is 0.264 e. The van der Waals surface area contributed by atoms with Crippen molar-refractivity contribution < 1.29 is 22.7 Å². The summed E-state index contributed by atoms with van der Waals surface area (Å²) in [5, 5.41) is -0.00470. The molecule has 2 bridgehead atoms. The maximum atomic E-state index is 13.6. The summed E-state index contributed by atoms with van der Waals surface area (Å²) in [7, 11) is -2.07. The van der Waals surface area contributed by atoms with Crippen LogP contribution in [0.5, 0.6) is 5.75 Å². The molecule has 1 saturated carbocycles. The first kappa shape index (κ1) is 35.8. The van der Waals surface area contributed by atoms with Crippen molar-refractivity contribution in [3.63, 3.8) is 0 Å². The van der Waals surface area contributed by atoms with E-state index in [-0.39, 0.29) is 11.3 Å². The van der Waals surface area contributed by atoms with Crippen LogP contribution in [0.3, 0.4) is 0 Å². The number of hydrogen-bond donors (Lipinski definition) is 1. The highest BCUT2D eigenvalue weighted by Gasteiger charge is 2.49. The number of likely N-dealkylation sites (tertiary alicyclic amines) is 1. The van der Waals surface area contributed by atoms with E-state index in [0.717, 1.165) is 87.7 Å². The van der Waals surface area contributed by atoms with E-state index in [1.807, 2.05) is 32.2 Å². The molecular weight excluding hydrogens is 670 g/mol. The number of anilines is 1. The molecule has 1 spiro atoms. The monoisotopic (exact) mass is 723 g/mol. The van der Waals surface area contributed by atoms with Gasteiger partial charge in [0.25, 0.3) is 5.91 Å². The highest BCUT2D eigenvalue weighted by molar-refractivity contribution is 7.90. The lowest BCUT2D eigenvalue weighted by atomic mass is 9.62. The Balaban J connectivity index is 1.30. The number of fused-ring (bicyclic) bond motifs is 4. The van der Waals surface area contributed by atoms with Crippen molar-refractivity contribution in [2.75, 3.05) is 51.3 Å². The second kappa shape index (κ2) is 14.4. The van der Waals surface area contributed by atoms with Crippen molar-refractivity contribution in [3.8, 4) is 5.75 Å². The summed E-state index contributed by atoms with van der Waals surface area (Å²) in [6.07, 6.45) is 14.9. The van der Waals surface area contributed by atoms with Crippen LogP contribution in [0, 0.1) is 17.8 Å². The number of hydrogen-bond acceptors (Lipinski definition) is 7. The van der Waals surface area contributed by atoms with Crippen molar-refractivity contribution in [2.45, 2.75) is 94.3 Å². The summed E-state index contributed by atoms with van der Waals surface area (Å²) in [5.41, 5.74) is 3.04. The van der Waals surface area contributed by atoms with Gasteiger partial charge in [-0.25, -0.2) is 13.1 Å². The molecule has 2 aromatic carbocycles. The molecule has 0 aromatic heterocycles. The van der Waals surface area contributed by atoms with Gasteiger partial charge in [0.15, 0.2) is 0 Å². The number of methoxy groups -OCH3 is 1. The lowest BCUT2D eigenvalue weighted by molar-refractivity contribution is -0.0841. The molecule has 272 valence electrons. The van der Waals surface area contributed by atoms with Crippen molar-refractivity contribution >= 4 is 33.2 Å². The smallest absolute Gasteiger partial charge is 0.264 e. The zero-order chi connectivity index (χ0) is 35.1. The molecule has 0 radical (unpaired) electrons. The Bertz CT molecular complexity index is 1710. The van der Waals surface area contributed by atoms with Crippen LogP contribution >= 0.6 is 11.6 Å². The fourth-order valence-electron chi connectivity index (χ4n) is 9.46. The van der Waals surface area contributed by atoms with Gasteiger partial charge in [-0.1, -0.05) is 43.2 Å². The van der Waals surface area contributed by atoms with Gasteiger partial charge in [0, 0.05) is 42.7 Å². The zero-order valence-electron chi connectivity index (χ0n) is 30.0. The van der Waals surface area contributed by atoms with Crippen LogP contribution in [-0.4, -0.2) is 76.5 Å². The SMILES string of the molecule is CO[C@@]1(CCN2CCCCC2)/C=C/C[C@H](C)[C@@H](C)S(=O)(=O)NC(=O)c2ccc3c(c2)N(C[C@@H]2CC[C@H]21)C[C@@]1(CCCc2cc(Cl)ccc21)CO3. The van der Waals surface area contributed by atoms with Gasteiger partial charge in [0.2, 0.25) is 10.0 Å². The molecule has 3 heterocycles. The molecule has 0 unspecified atom stereocenters. The van der Waals surface area contributed by atoms with Crippen LogP contribution in [-0.2, 0) is 26.6 Å². The summed E-state index contributed by atoms with van der Waals surface area (Å²) in [6, 6.07) is 11.7. The number of carbonyl (C=O) groups is 1. The van der Waals surface area contributed by atoms with Gasteiger partial charge < -0.3 is 19.3 Å². The summed E-state index contributed by atoms with van der Waals surface area (Å²) in [6.45, 7) is 8.95. The van der Waals surface area contributed by atoms with Gasteiger partial charge in [-0.05, 0) is 137 Å². The quantitative estimate of drug-likeness (QED) is 0.336. The van der Waals surface area contributed by atoms with Gasteiger partial charge in [-0.15, -0.1) is 0 Å². The predicted molar refractivity (Wildman–Crippen MR) is 200 cm³/mol. The maximum absolute atomic E-state index is 13.6. The molecule has 2 aromatic rings. The number of aryl methyl sites for hydroxylation is 1. The molecule has 10 heteroatoms. The predicted octanol–water partition coefficient (Wildman–Crippen LogP) is 7.14. The molecule has 3 aliphatic heterocycles. The van der Waals surface area contributed by atoms with Crippen LogP contribution in [0.15, 0.2) is 48.6 Å². The van der Waals surface area contributed by atoms with Crippen LogP contribution in [0.2, 0.25) is 5.02 Å². The van der Waals surface area contributed by atoms with E-state index < -0.39 is 26.8 Å². The van der Waals surface area contributed by atoms with Crippen molar-refractivity contribution in [1.29, 1.82) is 0 Å². The molecular formula is C40H54ClN3O5S. The first-order chi connectivity index (χ1) is 24.0. The number of nitrogens with one attached hydrogen (secondary N) is 1. The number of rotatable bonds is 4. The van der Waals surface area contributed by atoms with Crippen molar-refractivity contribution in [2.24, 2.45) is 17.8 Å². The highest BCUT2D eigenvalue weighted by Crippen LogP contribution is 2.50. The van der Waals surface area contributed by atoms with Gasteiger partial charge in [0.05, 0.1) is 23.1 Å². The fraction of sp³-hybridized carbons (Fsp3) is 0.625. The van der Waals surface area contributed by atoms with E-state index in [9.17, 15) is 13.2 Å². The third-order valence-corrected chi connectivity index (χ3v) is 15.0. The Morgan fingerprint density at radius 3 is 2.64 bits per heavy atom. The van der Waals surface area contributed by atoms with E-state index in [2.05, 4.69) is 38.8 Å². The van der Waals surface area contributed by atoms with E-state index in [0.29, 0.717) is 30.4 Å². The number of ether oxygens (including phenoxy) is 2. The number of benzene rings is 2. The molecule has 6 atom stereocenters. The van der Waals surface area contributed by atoms with E-state index >= 15 is 0 Å². The van der Waals surface area contributed by atoms with Crippen LogP contribution < -0.4 is 14.4 Å². The third kappa shape index (κ3) is 6.96. The summed E-state index contributed by atoms with van der Waals surface area (Å²) in [4.78, 5) is 18.6. The van der Waals surface area contributed by atoms with Gasteiger partial charge >= 0.3 is 0 Å². The number of carbonyl (C=O) groups excluding carboxylic acids is 1. The second-order valence-corrected chi connectivity index (χ2v) is 18.3. The second-order valence-electron chi connectivity index (χ2n) is 15.8. The Morgan fingerprint density at radius 1 is 1.06 bits per heavy atom. The first-order valence-corrected chi connectivity index (χ1v) is 20.8. The minimum atomic E-state index is -3.93. The third-order valence-electron chi connectivity index (χ3n) is 12.9. The molecule has 2 aliphatic carbocycles. The normalized spacial score (nSPS) is 33.6. The van der Waals surface area contributed by atoms with E-state index in [1.165, 1.54) is 30.4 Å². The number of allylic oxidation sites excluding steroid dienone is 1. The molecule has 2 fully saturated rings. The Kier molecular flexibility index (Phi) is 10.3. The van der Waals surface area contributed by atoms with Gasteiger partial charge in [0.1, 0.15) is 5.75 Å². The van der Waals surface area contributed by atoms with Gasteiger partial charge in [-0.3, -0.25) is 4.79 Å². The Morgan fingerprint density at radius 2 is 1.88 bits per heavy atom. The average Bonchev–Trinajstić information content (AvgIpc) is 3.25. The zero-order valence-corrected chi connectivity index (χ0v) is 31.5. The Labute approximate surface area is 304 Å². The number of sulfonamides is 1. The van der Waals surface area contributed by atoms with Crippen molar-refractivity contribution in [3.05, 3.63) is 70.3 Å². The molecule has 1 N–H and O–H groups in total. The summed E-state index contributed by atoms with van der Waals surface area (Å²) >= 11 is 6.49. The number of amides is 1. The number of halogens is 1. The van der Waals surface area contributed by atoms with Crippen LogP contribution in [0.1, 0.15) is 93.1 Å². The van der Waals surface area contributed by atoms with Crippen LogP contribution in [0.4, 0.5) is 5.69 Å². The number of nitrogens with zero attached hydrogens (tertiary/aromatic N) is 2. The fourth-order valence-corrected chi connectivity index (χ4v) is 10.9. The molecule has 7 rings (SSSR count). The molecule has 50 heavy (non-hydrogen) atoms. The van der Waals surface area contributed by atoms with E-state index in [1.54, 1.807) is 13.0 Å². The topological polar surface area (TPSA) is 88.2 Å². The standard InChI is InChI=1S/C40H54ClN3O5S/c1-28-9-7-18-40(48-3,19-22-43-20-5-4-6-21-43)35-14-11-32(35)25-44-26-39(17-8-10-30-23-33(41)13-15-34(30)39)27-49-37-16-12-31(24-36(37)44)38(45)42-50(46,47)29(28)2/h7,12-13,15-16,18,23-24,28-29,32,35H,4-6,8-11,14,17,19-22,25-27H2,1-3H3,(H,42,45)/b18-7+/t28-,29+,32-,35+,39-,40+/m0/s1. The molecule has 8 nitrogen and oxygen atoms in total. The van der Waals surface area contributed by atoms with Crippen molar-refractivity contribution in [1.82, 2.24) is 9.62 Å². The summed E-state index contributed by atoms with van der Waals surface area (Å²) < 4.78 is 42.8. The molecule has 5 aliphatic rings. The minimum absolute atomic E-state index is 0.196. The average molecular weight is 724 g/mol. The molecule has 1 amide bonds. The van der Waals surface area contributed by atoms with E-state index in [4.69, 9.17) is 21.1 Å². The number of piperidine rings is 1. The lowest BCUT2D eigenvalue weighted by Gasteiger charge is -2.51. The Hall–Kier alpha value is -2.59. The molecule has 1 saturated heterocycles. The lowest BCUT2D eigenvalue weighted by Crippen LogP contribution is -2.54. The highest BCUT2D eigenvalue weighted by atomic mass is 35.5. The van der Waals surface area contributed by atoms with Gasteiger partial charge in [-0.2, -0.15) is 0 Å². The minimum Gasteiger partial charge on any atom is -0.490 e. The first-order valence-electron chi connectivity index (χ1n) is 18.8. The largest absolute Gasteiger partial charge is 0.490 e. The summed E-state index contributed by atoms with van der Waals surface area (Å²) in [5.74, 6) is 0.608.